The normalized spacial score (nSPS) is 12.2. The van der Waals surface area contributed by atoms with Gasteiger partial charge in [0.05, 0.1) is 0 Å². The third-order valence-electron chi connectivity index (χ3n) is 4.45. The summed E-state index contributed by atoms with van der Waals surface area (Å²) >= 11 is 0. The molecule has 0 spiro atoms. The number of imidazole rings is 1. The third kappa shape index (κ3) is 3.92. The van der Waals surface area contributed by atoms with Crippen LogP contribution in [-0.2, 0) is 17.8 Å². The number of ether oxygens (including phenoxy) is 2. The molecule has 3 aromatic rings. The lowest BCUT2D eigenvalue weighted by atomic mass is 10.1. The van der Waals surface area contributed by atoms with Gasteiger partial charge in [-0.25, -0.2) is 9.97 Å². The van der Waals surface area contributed by atoms with E-state index in [-0.39, 0.29) is 12.7 Å². The Hall–Kier alpha value is -3.35. The predicted octanol–water partition coefficient (Wildman–Crippen LogP) is 2.55. The molecular weight excluding hydrogens is 344 g/mol. The summed E-state index contributed by atoms with van der Waals surface area (Å²) in [4.78, 5) is 20.8. The van der Waals surface area contributed by atoms with Crippen LogP contribution in [0.15, 0.2) is 48.9 Å². The summed E-state index contributed by atoms with van der Waals surface area (Å²) in [6, 6.07) is 9.62. The van der Waals surface area contributed by atoms with Crippen molar-refractivity contribution in [1.82, 2.24) is 19.9 Å². The Morgan fingerprint density at radius 1 is 1.11 bits per heavy atom. The highest BCUT2D eigenvalue weighted by atomic mass is 16.7. The van der Waals surface area contributed by atoms with E-state index in [1.54, 1.807) is 12.4 Å². The molecule has 27 heavy (non-hydrogen) atoms. The molecule has 0 saturated carbocycles. The number of amides is 1. The Morgan fingerprint density at radius 2 is 2.00 bits per heavy atom. The number of benzene rings is 1. The highest BCUT2D eigenvalue weighted by molar-refractivity contribution is 5.76. The molecule has 0 fully saturated rings. The fraction of sp³-hybridized carbons (Fsp3) is 0.250. The lowest BCUT2D eigenvalue weighted by molar-refractivity contribution is -0.121. The standard InChI is InChI=1S/C20H20N4O3/c1-14-21-8-9-24(14)19-11-16(6-7-22-19)12-23-20(25)5-3-15-2-4-17-18(10-15)27-13-26-17/h2,4,6-11H,3,5,12-13H2,1H3,(H,23,25). The number of carbonyl (C=O) groups is 1. The van der Waals surface area contributed by atoms with Gasteiger partial charge in [0.25, 0.3) is 0 Å². The van der Waals surface area contributed by atoms with Crippen LogP contribution in [0, 0.1) is 6.92 Å². The monoisotopic (exact) mass is 364 g/mol. The van der Waals surface area contributed by atoms with Gasteiger partial charge in [0.1, 0.15) is 11.6 Å². The Labute approximate surface area is 157 Å². The molecule has 1 aromatic carbocycles. The fourth-order valence-corrected chi connectivity index (χ4v) is 2.97. The maximum absolute atomic E-state index is 12.2. The van der Waals surface area contributed by atoms with Crippen LogP contribution in [-0.4, -0.2) is 27.2 Å². The largest absolute Gasteiger partial charge is 0.454 e. The van der Waals surface area contributed by atoms with Gasteiger partial charge in [-0.1, -0.05) is 6.07 Å². The van der Waals surface area contributed by atoms with Crippen molar-refractivity contribution in [3.63, 3.8) is 0 Å². The van der Waals surface area contributed by atoms with Crippen molar-refractivity contribution in [3.8, 4) is 17.3 Å². The molecule has 0 unspecified atom stereocenters. The van der Waals surface area contributed by atoms with Crippen LogP contribution in [0.2, 0.25) is 0 Å². The fourth-order valence-electron chi connectivity index (χ4n) is 2.97. The van der Waals surface area contributed by atoms with Gasteiger partial charge in [-0.05, 0) is 48.7 Å². The lowest BCUT2D eigenvalue weighted by Crippen LogP contribution is -2.23. The van der Waals surface area contributed by atoms with Gasteiger partial charge in [0.2, 0.25) is 12.7 Å². The molecule has 7 heteroatoms. The molecule has 3 heterocycles. The molecule has 138 valence electrons. The second-order valence-electron chi connectivity index (χ2n) is 6.33. The van der Waals surface area contributed by atoms with E-state index in [2.05, 4.69) is 15.3 Å². The molecule has 0 radical (unpaired) electrons. The minimum absolute atomic E-state index is 0.00448. The average molecular weight is 364 g/mol. The quantitative estimate of drug-likeness (QED) is 0.727. The number of rotatable bonds is 6. The maximum Gasteiger partial charge on any atom is 0.231 e. The van der Waals surface area contributed by atoms with Crippen LogP contribution in [0.3, 0.4) is 0 Å². The van der Waals surface area contributed by atoms with Crippen molar-refractivity contribution >= 4 is 5.91 Å². The summed E-state index contributed by atoms with van der Waals surface area (Å²) in [7, 11) is 0. The smallest absolute Gasteiger partial charge is 0.231 e. The number of nitrogens with one attached hydrogen (secondary N) is 1. The van der Waals surface area contributed by atoms with E-state index in [0.29, 0.717) is 19.4 Å². The summed E-state index contributed by atoms with van der Waals surface area (Å²) in [5.74, 6) is 3.16. The van der Waals surface area contributed by atoms with Crippen LogP contribution in [0.4, 0.5) is 0 Å². The maximum atomic E-state index is 12.2. The van der Waals surface area contributed by atoms with Gasteiger partial charge in [-0.2, -0.15) is 0 Å². The summed E-state index contributed by atoms with van der Waals surface area (Å²) in [5, 5.41) is 2.96. The van der Waals surface area contributed by atoms with Crippen LogP contribution in [0.5, 0.6) is 11.5 Å². The van der Waals surface area contributed by atoms with Gasteiger partial charge < -0.3 is 14.8 Å². The predicted molar refractivity (Wildman–Crippen MR) is 98.8 cm³/mol. The van der Waals surface area contributed by atoms with Crippen molar-refractivity contribution in [2.24, 2.45) is 0 Å². The van der Waals surface area contributed by atoms with Crippen molar-refractivity contribution in [2.75, 3.05) is 6.79 Å². The van der Waals surface area contributed by atoms with E-state index in [0.717, 1.165) is 34.3 Å². The van der Waals surface area contributed by atoms with E-state index in [1.807, 2.05) is 48.0 Å². The van der Waals surface area contributed by atoms with Crippen LogP contribution in [0.1, 0.15) is 23.4 Å². The number of nitrogens with zero attached hydrogens (tertiary/aromatic N) is 3. The molecule has 7 nitrogen and oxygen atoms in total. The summed E-state index contributed by atoms with van der Waals surface area (Å²) in [6.07, 6.45) is 6.41. The highest BCUT2D eigenvalue weighted by Gasteiger charge is 2.13. The van der Waals surface area contributed by atoms with E-state index in [1.165, 1.54) is 0 Å². The molecular formula is C20H20N4O3. The number of pyridine rings is 1. The number of hydrogen-bond donors (Lipinski definition) is 1. The lowest BCUT2D eigenvalue weighted by Gasteiger charge is -2.08. The van der Waals surface area contributed by atoms with Crippen LogP contribution >= 0.6 is 0 Å². The molecule has 1 aliphatic heterocycles. The second-order valence-corrected chi connectivity index (χ2v) is 6.33. The Balaban J connectivity index is 1.31. The van der Waals surface area contributed by atoms with E-state index in [4.69, 9.17) is 9.47 Å². The van der Waals surface area contributed by atoms with Gasteiger partial charge in [-0.3, -0.25) is 9.36 Å². The first-order valence-electron chi connectivity index (χ1n) is 8.79. The number of aryl methyl sites for hydroxylation is 2. The SMILES string of the molecule is Cc1nccn1-c1cc(CNC(=O)CCc2ccc3c(c2)OCO3)ccn1. The minimum Gasteiger partial charge on any atom is -0.454 e. The van der Waals surface area contributed by atoms with Gasteiger partial charge in [0, 0.05) is 31.6 Å². The molecule has 0 saturated heterocycles. The summed E-state index contributed by atoms with van der Waals surface area (Å²) in [6.45, 7) is 2.64. The number of hydrogen-bond acceptors (Lipinski definition) is 5. The first-order chi connectivity index (χ1) is 13.2. The van der Waals surface area contributed by atoms with E-state index in [9.17, 15) is 4.79 Å². The Bertz CT molecular complexity index is 967. The highest BCUT2D eigenvalue weighted by Crippen LogP contribution is 2.32. The zero-order valence-corrected chi connectivity index (χ0v) is 15.0. The number of fused-ring (bicyclic) bond motifs is 1. The van der Waals surface area contributed by atoms with Crippen molar-refractivity contribution < 1.29 is 14.3 Å². The molecule has 1 aliphatic rings. The molecule has 0 aliphatic carbocycles. The zero-order chi connectivity index (χ0) is 18.6. The van der Waals surface area contributed by atoms with Crippen molar-refractivity contribution in [2.45, 2.75) is 26.3 Å². The topological polar surface area (TPSA) is 78.3 Å². The van der Waals surface area contributed by atoms with Crippen LogP contribution < -0.4 is 14.8 Å². The van der Waals surface area contributed by atoms with Gasteiger partial charge >= 0.3 is 0 Å². The van der Waals surface area contributed by atoms with Crippen molar-refractivity contribution in [3.05, 3.63) is 65.9 Å². The van der Waals surface area contributed by atoms with Gasteiger partial charge in [0.15, 0.2) is 11.5 Å². The molecule has 2 aromatic heterocycles. The first-order valence-corrected chi connectivity index (χ1v) is 8.79. The summed E-state index contributed by atoms with van der Waals surface area (Å²) < 4.78 is 12.6. The molecule has 1 N–H and O–H groups in total. The van der Waals surface area contributed by atoms with Crippen molar-refractivity contribution in [1.29, 1.82) is 0 Å². The minimum atomic E-state index is 0.00448. The Morgan fingerprint density at radius 3 is 2.85 bits per heavy atom. The average Bonchev–Trinajstić information content (AvgIpc) is 3.33. The molecule has 0 bridgehead atoms. The van der Waals surface area contributed by atoms with E-state index >= 15 is 0 Å². The van der Waals surface area contributed by atoms with Gasteiger partial charge in [-0.15, -0.1) is 0 Å². The third-order valence-corrected chi connectivity index (χ3v) is 4.45. The first kappa shape index (κ1) is 17.1. The molecule has 1 amide bonds. The zero-order valence-electron chi connectivity index (χ0n) is 15.0. The van der Waals surface area contributed by atoms with Crippen LogP contribution in [0.25, 0.3) is 5.82 Å². The molecule has 0 atom stereocenters. The second kappa shape index (κ2) is 7.49. The Kier molecular flexibility index (Phi) is 4.74. The van der Waals surface area contributed by atoms with E-state index < -0.39 is 0 Å². The summed E-state index contributed by atoms with van der Waals surface area (Å²) in [5.41, 5.74) is 2.04. The molecule has 4 rings (SSSR count). The number of carbonyl (C=O) groups excluding carboxylic acids is 1. The number of aromatic nitrogens is 3.